The van der Waals surface area contributed by atoms with E-state index in [0.29, 0.717) is 5.75 Å². The number of carbonyl (C=O) groups is 1. The lowest BCUT2D eigenvalue weighted by Gasteiger charge is -2.18. The van der Waals surface area contributed by atoms with Crippen LogP contribution in [0.25, 0.3) is 16.8 Å². The minimum atomic E-state index is -1.21. The minimum absolute atomic E-state index is 0.488. The minimum Gasteiger partial charge on any atom is -0.428 e. The van der Waals surface area contributed by atoms with E-state index in [-0.39, 0.29) is 0 Å². The average molecular weight is 343 g/mol. The molecule has 2 aromatic rings. The molecule has 0 N–H and O–H groups in total. The van der Waals surface area contributed by atoms with Gasteiger partial charge in [0.1, 0.15) is 11.4 Å². The molecule has 2 aromatic carbocycles. The van der Waals surface area contributed by atoms with Crippen LogP contribution >= 0.6 is 0 Å². The maximum Gasteiger partial charge on any atom is 0.514 e. The third-order valence-electron chi connectivity index (χ3n) is 3.20. The lowest BCUT2D eigenvalue weighted by Crippen LogP contribution is -2.25. The zero-order valence-electron chi connectivity index (χ0n) is 15.3. The van der Waals surface area contributed by atoms with Gasteiger partial charge in [0, 0.05) is 0 Å². The van der Waals surface area contributed by atoms with Gasteiger partial charge in [-0.1, -0.05) is 49.6 Å². The van der Waals surface area contributed by atoms with Crippen molar-refractivity contribution in [2.45, 2.75) is 46.0 Å². The van der Waals surface area contributed by atoms with Gasteiger partial charge in [0.05, 0.1) is 8.07 Å². The normalized spacial score (nSPS) is 12.6. The molecule has 0 fully saturated rings. The van der Waals surface area contributed by atoms with Crippen LogP contribution in [0, 0.1) is 0 Å². The van der Waals surface area contributed by atoms with E-state index < -0.39 is 19.8 Å². The lowest BCUT2D eigenvalue weighted by atomic mass is 10.1. The Labute approximate surface area is 145 Å². The molecule has 24 heavy (non-hydrogen) atoms. The Morgan fingerprint density at radius 2 is 1.62 bits per heavy atom. The van der Waals surface area contributed by atoms with E-state index in [2.05, 4.69) is 43.5 Å². The van der Waals surface area contributed by atoms with Crippen LogP contribution in [0.15, 0.2) is 42.1 Å². The predicted molar refractivity (Wildman–Crippen MR) is 103 cm³/mol. The van der Waals surface area contributed by atoms with E-state index in [1.54, 1.807) is 6.07 Å². The molecule has 0 aromatic heterocycles. The molecule has 3 nitrogen and oxygen atoms in total. The van der Waals surface area contributed by atoms with E-state index >= 15 is 0 Å². The van der Waals surface area contributed by atoms with Gasteiger partial charge in [0.2, 0.25) is 0 Å². The molecular formula is C20H26O3Si. The van der Waals surface area contributed by atoms with Crippen molar-refractivity contribution in [2.24, 2.45) is 0 Å². The van der Waals surface area contributed by atoms with Crippen molar-refractivity contribution >= 4 is 31.1 Å². The van der Waals surface area contributed by atoms with Crippen LogP contribution in [0.5, 0.6) is 5.75 Å². The smallest absolute Gasteiger partial charge is 0.428 e. The SMILES string of the molecule is CC(C)(C)OC(=O)Oc1ccc2cc(/C=C/[Si](C)(C)C)ccc2c1. The van der Waals surface area contributed by atoms with Crippen LogP contribution in [0.2, 0.25) is 19.6 Å². The molecule has 0 saturated carbocycles. The first-order valence-electron chi connectivity index (χ1n) is 8.16. The summed E-state index contributed by atoms with van der Waals surface area (Å²) in [5.74, 6) is 0.488. The summed E-state index contributed by atoms with van der Waals surface area (Å²) in [7, 11) is -1.21. The van der Waals surface area contributed by atoms with Gasteiger partial charge in [0.15, 0.2) is 0 Å². The molecule has 0 radical (unpaired) electrons. The van der Waals surface area contributed by atoms with Gasteiger partial charge in [0.25, 0.3) is 0 Å². The Hall–Kier alpha value is -2.07. The fourth-order valence-corrected chi connectivity index (χ4v) is 2.82. The first kappa shape index (κ1) is 18.3. The highest BCUT2D eigenvalue weighted by Gasteiger charge is 2.18. The standard InChI is InChI=1S/C20H26O3Si/c1-20(2,3)23-19(21)22-18-10-9-16-13-15(7-8-17(16)14-18)11-12-24(4,5)6/h7-14H,1-6H3/b12-11+. The number of fused-ring (bicyclic) bond motifs is 1. The highest BCUT2D eigenvalue weighted by atomic mass is 28.3. The van der Waals surface area contributed by atoms with Gasteiger partial charge in [-0.05, 0) is 55.3 Å². The number of ether oxygens (including phenoxy) is 2. The summed E-state index contributed by atoms with van der Waals surface area (Å²) in [6.45, 7) is 12.4. The Morgan fingerprint density at radius 1 is 1.00 bits per heavy atom. The maximum absolute atomic E-state index is 11.7. The highest BCUT2D eigenvalue weighted by molar-refractivity contribution is 6.81. The lowest BCUT2D eigenvalue weighted by molar-refractivity contribution is 0.0206. The summed E-state index contributed by atoms with van der Waals surface area (Å²) in [6.07, 6.45) is 1.51. The molecule has 0 unspecified atom stereocenters. The van der Waals surface area contributed by atoms with Crippen LogP contribution in [0.4, 0.5) is 4.79 Å². The predicted octanol–water partition coefficient (Wildman–Crippen LogP) is 6.04. The van der Waals surface area contributed by atoms with Crippen molar-refractivity contribution in [1.29, 1.82) is 0 Å². The number of benzene rings is 2. The van der Waals surface area contributed by atoms with Crippen molar-refractivity contribution in [2.75, 3.05) is 0 Å². The summed E-state index contributed by atoms with van der Waals surface area (Å²) < 4.78 is 10.4. The number of rotatable bonds is 3. The average Bonchev–Trinajstić information content (AvgIpc) is 2.42. The fourth-order valence-electron chi connectivity index (χ4n) is 2.12. The number of hydrogen-bond donors (Lipinski definition) is 0. The molecular weight excluding hydrogens is 316 g/mol. The fraction of sp³-hybridized carbons (Fsp3) is 0.350. The molecule has 0 spiro atoms. The molecule has 4 heteroatoms. The van der Waals surface area contributed by atoms with E-state index in [0.717, 1.165) is 10.8 Å². The highest BCUT2D eigenvalue weighted by Crippen LogP contribution is 2.24. The third-order valence-corrected chi connectivity index (χ3v) is 4.37. The summed E-state index contributed by atoms with van der Waals surface area (Å²) >= 11 is 0. The zero-order valence-corrected chi connectivity index (χ0v) is 16.3. The second-order valence-electron chi connectivity index (χ2n) is 8.03. The monoisotopic (exact) mass is 342 g/mol. The topological polar surface area (TPSA) is 35.5 Å². The van der Waals surface area contributed by atoms with Crippen LogP contribution in [-0.4, -0.2) is 19.8 Å². The first-order chi connectivity index (χ1) is 11.0. The molecule has 0 amide bonds. The molecule has 0 aliphatic heterocycles. The van der Waals surface area contributed by atoms with Crippen LogP contribution in [0.3, 0.4) is 0 Å². The Kier molecular flexibility index (Phi) is 5.18. The van der Waals surface area contributed by atoms with E-state index in [9.17, 15) is 4.79 Å². The van der Waals surface area contributed by atoms with E-state index in [1.165, 1.54) is 5.56 Å². The maximum atomic E-state index is 11.7. The second-order valence-corrected chi connectivity index (χ2v) is 13.1. The summed E-state index contributed by atoms with van der Waals surface area (Å²) in [4.78, 5) is 11.7. The molecule has 0 aliphatic carbocycles. The van der Waals surface area contributed by atoms with Gasteiger partial charge >= 0.3 is 6.16 Å². The van der Waals surface area contributed by atoms with Gasteiger partial charge in [-0.25, -0.2) is 4.79 Å². The summed E-state index contributed by atoms with van der Waals surface area (Å²) in [5.41, 5.74) is 2.95. The Balaban J connectivity index is 2.18. The molecule has 0 heterocycles. The molecule has 128 valence electrons. The molecule has 2 rings (SSSR count). The molecule has 0 atom stereocenters. The number of hydrogen-bond acceptors (Lipinski definition) is 3. The van der Waals surface area contributed by atoms with Crippen LogP contribution in [-0.2, 0) is 4.74 Å². The van der Waals surface area contributed by atoms with Gasteiger partial charge in [-0.3, -0.25) is 0 Å². The summed E-state index contributed by atoms with van der Waals surface area (Å²) in [5, 5.41) is 2.14. The van der Waals surface area contributed by atoms with Crippen LogP contribution in [0.1, 0.15) is 26.3 Å². The first-order valence-corrected chi connectivity index (χ1v) is 11.7. The quantitative estimate of drug-likeness (QED) is 0.387. The number of carbonyl (C=O) groups excluding carboxylic acids is 1. The largest absolute Gasteiger partial charge is 0.514 e. The molecule has 0 aliphatic rings. The van der Waals surface area contributed by atoms with Gasteiger partial charge in [-0.2, -0.15) is 0 Å². The van der Waals surface area contributed by atoms with Crippen molar-refractivity contribution in [3.05, 3.63) is 47.7 Å². The second kappa shape index (κ2) is 6.81. The van der Waals surface area contributed by atoms with Crippen molar-refractivity contribution in [1.82, 2.24) is 0 Å². The zero-order chi connectivity index (χ0) is 18.0. The van der Waals surface area contributed by atoms with Gasteiger partial charge < -0.3 is 9.47 Å². The third kappa shape index (κ3) is 5.85. The molecule has 0 bridgehead atoms. The van der Waals surface area contributed by atoms with Crippen molar-refractivity contribution in [3.8, 4) is 5.75 Å². The Morgan fingerprint density at radius 3 is 2.25 bits per heavy atom. The van der Waals surface area contributed by atoms with Gasteiger partial charge in [-0.15, -0.1) is 0 Å². The van der Waals surface area contributed by atoms with E-state index in [1.807, 2.05) is 39.0 Å². The molecule has 0 saturated heterocycles. The van der Waals surface area contributed by atoms with Crippen molar-refractivity contribution < 1.29 is 14.3 Å². The Bertz CT molecular complexity index is 765. The van der Waals surface area contributed by atoms with Crippen molar-refractivity contribution in [3.63, 3.8) is 0 Å². The van der Waals surface area contributed by atoms with E-state index in [4.69, 9.17) is 9.47 Å². The van der Waals surface area contributed by atoms with Crippen LogP contribution < -0.4 is 4.74 Å². The summed E-state index contributed by atoms with van der Waals surface area (Å²) in [6, 6.07) is 11.9.